The second-order valence-electron chi connectivity index (χ2n) is 4.60. The molecule has 0 radical (unpaired) electrons. The molecule has 0 N–H and O–H groups in total. The Kier molecular flexibility index (Phi) is 3.31. The molecule has 0 aliphatic carbocycles. The minimum atomic E-state index is -3.57. The molecule has 1 heterocycles. The van der Waals surface area contributed by atoms with E-state index in [2.05, 4.69) is 6.58 Å². The van der Waals surface area contributed by atoms with Gasteiger partial charge in [-0.3, -0.25) is 0 Å². The lowest BCUT2D eigenvalue weighted by atomic mass is 10.3. The molecule has 2 rings (SSSR count). The van der Waals surface area contributed by atoms with Gasteiger partial charge in [0.15, 0.2) is 5.79 Å². The molecular weight excluding hydrogens is 252 g/mol. The Hall–Kier alpha value is -1.17. The molecule has 1 aliphatic rings. The molecule has 0 saturated carbocycles. The fourth-order valence-corrected chi connectivity index (χ4v) is 3.05. The summed E-state index contributed by atoms with van der Waals surface area (Å²) >= 11 is 0. The van der Waals surface area contributed by atoms with Crippen LogP contribution in [0.5, 0.6) is 0 Å². The van der Waals surface area contributed by atoms with Crippen molar-refractivity contribution in [3.8, 4) is 0 Å². The van der Waals surface area contributed by atoms with Crippen LogP contribution in [0, 0.1) is 0 Å². The normalized spacial score (nSPS) is 22.9. The van der Waals surface area contributed by atoms with E-state index >= 15 is 0 Å². The van der Waals surface area contributed by atoms with E-state index in [0.29, 0.717) is 0 Å². The molecule has 1 saturated heterocycles. The van der Waals surface area contributed by atoms with Crippen molar-refractivity contribution in [1.29, 1.82) is 0 Å². The molecular formula is C13H16O4S. The topological polar surface area (TPSA) is 52.6 Å². The standard InChI is InChI=1S/C13H16O4S/c1-10(12-9-16-13(2,3)17-12)18(14,15)11-7-5-4-6-8-11/h4-8,12H,1,9H2,2-3H3. The number of hydrogen-bond acceptors (Lipinski definition) is 4. The molecule has 1 aromatic carbocycles. The molecule has 1 fully saturated rings. The average molecular weight is 268 g/mol. The second kappa shape index (κ2) is 4.50. The van der Waals surface area contributed by atoms with Crippen LogP contribution in [0.25, 0.3) is 0 Å². The van der Waals surface area contributed by atoms with Crippen molar-refractivity contribution in [3.63, 3.8) is 0 Å². The predicted molar refractivity (Wildman–Crippen MR) is 67.7 cm³/mol. The van der Waals surface area contributed by atoms with Gasteiger partial charge in [0, 0.05) is 0 Å². The van der Waals surface area contributed by atoms with Gasteiger partial charge in [-0.15, -0.1) is 0 Å². The molecule has 4 nitrogen and oxygen atoms in total. The lowest BCUT2D eigenvalue weighted by molar-refractivity contribution is -0.133. The lowest BCUT2D eigenvalue weighted by Crippen LogP contribution is -2.24. The molecule has 1 aromatic rings. The first-order valence-electron chi connectivity index (χ1n) is 5.64. The Morgan fingerprint density at radius 1 is 1.33 bits per heavy atom. The van der Waals surface area contributed by atoms with E-state index in [1.807, 2.05) is 0 Å². The first-order valence-corrected chi connectivity index (χ1v) is 7.12. The molecule has 0 spiro atoms. The van der Waals surface area contributed by atoms with Crippen LogP contribution >= 0.6 is 0 Å². The quantitative estimate of drug-likeness (QED) is 0.842. The molecule has 0 amide bonds. The number of benzene rings is 1. The largest absolute Gasteiger partial charge is 0.347 e. The summed E-state index contributed by atoms with van der Waals surface area (Å²) in [6.45, 7) is 7.35. The van der Waals surface area contributed by atoms with E-state index in [-0.39, 0.29) is 16.4 Å². The summed E-state index contributed by atoms with van der Waals surface area (Å²) in [6.07, 6.45) is -0.620. The number of sulfone groups is 1. The zero-order valence-corrected chi connectivity index (χ0v) is 11.2. The summed E-state index contributed by atoms with van der Waals surface area (Å²) in [4.78, 5) is 0.266. The first kappa shape index (κ1) is 13.3. The van der Waals surface area contributed by atoms with E-state index in [4.69, 9.17) is 9.47 Å². The zero-order valence-electron chi connectivity index (χ0n) is 10.4. The van der Waals surface area contributed by atoms with Crippen LogP contribution in [0.4, 0.5) is 0 Å². The Morgan fingerprint density at radius 3 is 2.44 bits per heavy atom. The third-order valence-corrected chi connectivity index (χ3v) is 4.61. The highest BCUT2D eigenvalue weighted by Gasteiger charge is 2.38. The number of ether oxygens (including phenoxy) is 2. The SMILES string of the molecule is C=C(C1COC(C)(C)O1)S(=O)(=O)c1ccccc1. The molecule has 1 atom stereocenters. The van der Waals surface area contributed by atoms with Crippen molar-refractivity contribution < 1.29 is 17.9 Å². The van der Waals surface area contributed by atoms with Crippen molar-refractivity contribution in [2.75, 3.05) is 6.61 Å². The highest BCUT2D eigenvalue weighted by atomic mass is 32.2. The van der Waals surface area contributed by atoms with Crippen LogP contribution in [0.3, 0.4) is 0 Å². The molecule has 1 unspecified atom stereocenters. The third-order valence-electron chi connectivity index (χ3n) is 2.77. The van der Waals surface area contributed by atoms with Crippen molar-refractivity contribution >= 4 is 9.84 Å². The molecule has 1 aliphatic heterocycles. The monoisotopic (exact) mass is 268 g/mol. The van der Waals surface area contributed by atoms with Crippen LogP contribution in [-0.2, 0) is 19.3 Å². The van der Waals surface area contributed by atoms with E-state index in [9.17, 15) is 8.42 Å². The van der Waals surface area contributed by atoms with Gasteiger partial charge in [-0.1, -0.05) is 24.8 Å². The fourth-order valence-electron chi connectivity index (χ4n) is 1.77. The lowest BCUT2D eigenvalue weighted by Gasteiger charge is -2.18. The Balaban J connectivity index is 2.25. The van der Waals surface area contributed by atoms with Gasteiger partial charge in [0.05, 0.1) is 16.4 Å². The Morgan fingerprint density at radius 2 is 1.94 bits per heavy atom. The van der Waals surface area contributed by atoms with E-state index in [1.54, 1.807) is 44.2 Å². The summed E-state index contributed by atoms with van der Waals surface area (Å²) in [7, 11) is -3.57. The molecule has 0 aromatic heterocycles. The maximum atomic E-state index is 12.3. The van der Waals surface area contributed by atoms with Crippen molar-refractivity contribution in [3.05, 3.63) is 41.8 Å². The van der Waals surface area contributed by atoms with Gasteiger partial charge in [-0.25, -0.2) is 8.42 Å². The summed E-state index contributed by atoms with van der Waals surface area (Å²) in [6, 6.07) is 8.20. The van der Waals surface area contributed by atoms with Crippen LogP contribution in [0.15, 0.2) is 46.7 Å². The summed E-state index contributed by atoms with van der Waals surface area (Å²) in [5.41, 5.74) is 0. The van der Waals surface area contributed by atoms with Gasteiger partial charge in [-0.2, -0.15) is 0 Å². The summed E-state index contributed by atoms with van der Waals surface area (Å²) in [5, 5.41) is 0. The average Bonchev–Trinajstić information content (AvgIpc) is 2.69. The van der Waals surface area contributed by atoms with Gasteiger partial charge in [0.1, 0.15) is 6.10 Å². The van der Waals surface area contributed by atoms with E-state index in [1.165, 1.54) is 0 Å². The number of rotatable bonds is 3. The number of hydrogen-bond donors (Lipinski definition) is 0. The van der Waals surface area contributed by atoms with Gasteiger partial charge in [0.2, 0.25) is 9.84 Å². The first-order chi connectivity index (χ1) is 8.33. The smallest absolute Gasteiger partial charge is 0.204 e. The molecule has 98 valence electrons. The van der Waals surface area contributed by atoms with Crippen LogP contribution in [0.2, 0.25) is 0 Å². The van der Waals surface area contributed by atoms with Crippen LogP contribution < -0.4 is 0 Å². The third kappa shape index (κ3) is 2.48. The Bertz CT molecular complexity index is 546. The van der Waals surface area contributed by atoms with E-state index < -0.39 is 21.7 Å². The summed E-state index contributed by atoms with van der Waals surface area (Å²) < 4.78 is 35.5. The second-order valence-corrected chi connectivity index (χ2v) is 6.60. The summed E-state index contributed by atoms with van der Waals surface area (Å²) in [5.74, 6) is -0.764. The maximum absolute atomic E-state index is 12.3. The van der Waals surface area contributed by atoms with Gasteiger partial charge >= 0.3 is 0 Å². The highest BCUT2D eigenvalue weighted by molar-refractivity contribution is 7.95. The van der Waals surface area contributed by atoms with Crippen molar-refractivity contribution in [1.82, 2.24) is 0 Å². The Labute approximate surface area is 107 Å². The predicted octanol–water partition coefficient (Wildman–Crippen LogP) is 2.13. The minimum absolute atomic E-state index is 0.0410. The van der Waals surface area contributed by atoms with Crippen LogP contribution in [0.1, 0.15) is 13.8 Å². The van der Waals surface area contributed by atoms with E-state index in [0.717, 1.165) is 0 Å². The van der Waals surface area contributed by atoms with Gasteiger partial charge in [-0.05, 0) is 26.0 Å². The van der Waals surface area contributed by atoms with Gasteiger partial charge in [0.25, 0.3) is 0 Å². The highest BCUT2D eigenvalue weighted by Crippen LogP contribution is 2.30. The molecule has 0 bridgehead atoms. The fraction of sp³-hybridized carbons (Fsp3) is 0.385. The molecule has 5 heteroatoms. The minimum Gasteiger partial charge on any atom is -0.347 e. The maximum Gasteiger partial charge on any atom is 0.204 e. The molecule has 18 heavy (non-hydrogen) atoms. The van der Waals surface area contributed by atoms with Crippen molar-refractivity contribution in [2.45, 2.75) is 30.6 Å². The zero-order chi connectivity index (χ0) is 13.4. The van der Waals surface area contributed by atoms with Gasteiger partial charge < -0.3 is 9.47 Å². The van der Waals surface area contributed by atoms with Crippen LogP contribution in [-0.4, -0.2) is 26.9 Å². The van der Waals surface area contributed by atoms with Crippen molar-refractivity contribution in [2.24, 2.45) is 0 Å².